The van der Waals surface area contributed by atoms with E-state index in [0.29, 0.717) is 16.5 Å². The minimum Gasteiger partial charge on any atom is -0.439 e. The summed E-state index contributed by atoms with van der Waals surface area (Å²) in [5, 5.41) is 21.5. The molecule has 0 fully saturated rings. The van der Waals surface area contributed by atoms with Crippen LogP contribution in [0, 0.1) is 21.4 Å². The first-order valence-electron chi connectivity index (χ1n) is 8.37. The molecule has 2 aromatic carbocycles. The van der Waals surface area contributed by atoms with Crippen LogP contribution in [0.4, 0.5) is 5.69 Å². The van der Waals surface area contributed by atoms with Gasteiger partial charge in [-0.25, -0.2) is 0 Å². The van der Waals surface area contributed by atoms with Crippen molar-refractivity contribution in [1.29, 1.82) is 5.26 Å². The number of hydrogen-bond acceptors (Lipinski definition) is 6. The minimum absolute atomic E-state index is 0.0420. The minimum atomic E-state index is -0.864. The summed E-state index contributed by atoms with van der Waals surface area (Å²) < 4.78 is 7.17. The number of aromatic nitrogens is 1. The standard InChI is InChI=1S/C20H14N4O4/c1-23-15-8-3-2-7-13(15)18-17(20(23)25)16(14(10-21)19(22)28-18)11-5-4-6-12(9-11)24(26)27/h2-9,16H,22H2,1H3/t16-/m1/s1. The number of nitriles is 1. The highest BCUT2D eigenvalue weighted by Gasteiger charge is 2.35. The Balaban J connectivity index is 2.11. The molecule has 0 saturated carbocycles. The molecule has 0 aliphatic carbocycles. The number of rotatable bonds is 2. The molecule has 1 aliphatic rings. The van der Waals surface area contributed by atoms with Crippen LogP contribution >= 0.6 is 0 Å². The van der Waals surface area contributed by atoms with Gasteiger partial charge in [-0.1, -0.05) is 24.3 Å². The van der Waals surface area contributed by atoms with Crippen molar-refractivity contribution in [2.75, 3.05) is 0 Å². The van der Waals surface area contributed by atoms with Crippen LogP contribution in [0.25, 0.3) is 10.9 Å². The van der Waals surface area contributed by atoms with Gasteiger partial charge in [0.05, 0.1) is 21.9 Å². The van der Waals surface area contributed by atoms with Crippen molar-refractivity contribution in [3.05, 3.63) is 91.6 Å². The van der Waals surface area contributed by atoms with Crippen LogP contribution in [0.3, 0.4) is 0 Å². The number of nitro groups is 1. The second-order valence-electron chi connectivity index (χ2n) is 6.40. The zero-order valence-corrected chi connectivity index (χ0v) is 14.7. The van der Waals surface area contributed by atoms with Gasteiger partial charge in [0.1, 0.15) is 17.4 Å². The van der Waals surface area contributed by atoms with Crippen molar-refractivity contribution in [1.82, 2.24) is 4.57 Å². The molecular formula is C20H14N4O4. The predicted octanol–water partition coefficient (Wildman–Crippen LogP) is 2.66. The summed E-state index contributed by atoms with van der Waals surface area (Å²) in [7, 11) is 1.63. The van der Waals surface area contributed by atoms with E-state index in [1.807, 2.05) is 6.07 Å². The molecule has 2 heterocycles. The molecule has 0 spiro atoms. The largest absolute Gasteiger partial charge is 0.439 e. The van der Waals surface area contributed by atoms with Crippen molar-refractivity contribution in [2.45, 2.75) is 5.92 Å². The summed E-state index contributed by atoms with van der Waals surface area (Å²) in [6.07, 6.45) is 0. The summed E-state index contributed by atoms with van der Waals surface area (Å²) in [6.45, 7) is 0. The van der Waals surface area contributed by atoms with Crippen molar-refractivity contribution < 1.29 is 9.66 Å². The van der Waals surface area contributed by atoms with Gasteiger partial charge in [0.25, 0.3) is 11.2 Å². The Morgan fingerprint density at radius 3 is 2.71 bits per heavy atom. The number of ether oxygens (including phenoxy) is 1. The van der Waals surface area contributed by atoms with Crippen molar-refractivity contribution in [3.63, 3.8) is 0 Å². The van der Waals surface area contributed by atoms with Gasteiger partial charge in [-0.2, -0.15) is 5.26 Å². The average Bonchev–Trinajstić information content (AvgIpc) is 2.71. The van der Waals surface area contributed by atoms with Crippen LogP contribution in [-0.4, -0.2) is 9.49 Å². The molecule has 0 radical (unpaired) electrons. The lowest BCUT2D eigenvalue weighted by Gasteiger charge is -2.27. The SMILES string of the molecule is Cn1c(=O)c2c(c3ccccc31)OC(N)=C(C#N)[C@H]2c1cccc([N+](=O)[O-])c1. The number of allylic oxidation sites excluding steroid dienone is 1. The smallest absolute Gasteiger partial charge is 0.269 e. The molecule has 138 valence electrons. The molecule has 8 nitrogen and oxygen atoms in total. The number of nitro benzene ring substituents is 1. The summed E-state index contributed by atoms with van der Waals surface area (Å²) in [5.74, 6) is -0.714. The Labute approximate surface area is 158 Å². The summed E-state index contributed by atoms with van der Waals surface area (Å²) in [6, 6.07) is 15.0. The number of benzene rings is 2. The van der Waals surface area contributed by atoms with Gasteiger partial charge in [-0.05, 0) is 17.7 Å². The third-order valence-corrected chi connectivity index (χ3v) is 4.88. The van der Waals surface area contributed by atoms with Crippen LogP contribution in [-0.2, 0) is 7.05 Å². The zero-order chi connectivity index (χ0) is 20.0. The van der Waals surface area contributed by atoms with Gasteiger partial charge >= 0.3 is 0 Å². The first-order valence-corrected chi connectivity index (χ1v) is 8.37. The maximum Gasteiger partial charge on any atom is 0.269 e. The van der Waals surface area contributed by atoms with Gasteiger partial charge in [0.15, 0.2) is 0 Å². The molecule has 2 N–H and O–H groups in total. The van der Waals surface area contributed by atoms with Crippen LogP contribution < -0.4 is 16.0 Å². The summed E-state index contributed by atoms with van der Waals surface area (Å²) in [5.41, 5.74) is 6.85. The van der Waals surface area contributed by atoms with E-state index in [-0.39, 0.29) is 34.0 Å². The Morgan fingerprint density at radius 1 is 1.25 bits per heavy atom. The fourth-order valence-corrected chi connectivity index (χ4v) is 3.58. The van der Waals surface area contributed by atoms with Crippen molar-refractivity contribution in [3.8, 4) is 11.8 Å². The fourth-order valence-electron chi connectivity index (χ4n) is 3.58. The third kappa shape index (κ3) is 2.41. The number of nitrogens with two attached hydrogens (primary N) is 1. The summed E-state index contributed by atoms with van der Waals surface area (Å²) in [4.78, 5) is 23.9. The lowest BCUT2D eigenvalue weighted by Crippen LogP contribution is -2.31. The Morgan fingerprint density at radius 2 is 2.00 bits per heavy atom. The van der Waals surface area contributed by atoms with E-state index < -0.39 is 10.8 Å². The van der Waals surface area contributed by atoms with E-state index >= 15 is 0 Å². The van der Waals surface area contributed by atoms with E-state index in [2.05, 4.69) is 0 Å². The molecule has 8 heteroatoms. The Bertz CT molecular complexity index is 1280. The van der Waals surface area contributed by atoms with E-state index in [4.69, 9.17) is 10.5 Å². The highest BCUT2D eigenvalue weighted by molar-refractivity contribution is 5.88. The zero-order valence-electron chi connectivity index (χ0n) is 14.7. The number of hydrogen-bond donors (Lipinski definition) is 1. The van der Waals surface area contributed by atoms with Gasteiger partial charge < -0.3 is 15.0 Å². The number of para-hydroxylation sites is 1. The molecule has 1 aliphatic heterocycles. The highest BCUT2D eigenvalue weighted by atomic mass is 16.6. The number of nitrogens with zero attached hydrogens (tertiary/aromatic N) is 3. The molecule has 0 bridgehead atoms. The third-order valence-electron chi connectivity index (χ3n) is 4.88. The quantitative estimate of drug-likeness (QED) is 0.543. The number of non-ortho nitro benzene ring substituents is 1. The van der Waals surface area contributed by atoms with Gasteiger partial charge in [-0.3, -0.25) is 14.9 Å². The first-order chi connectivity index (χ1) is 13.4. The topological polar surface area (TPSA) is 124 Å². The monoisotopic (exact) mass is 374 g/mol. The lowest BCUT2D eigenvalue weighted by molar-refractivity contribution is -0.384. The molecular weight excluding hydrogens is 360 g/mol. The van der Waals surface area contributed by atoms with Gasteiger partial charge in [-0.15, -0.1) is 0 Å². The van der Waals surface area contributed by atoms with Crippen molar-refractivity contribution >= 4 is 16.6 Å². The molecule has 1 aromatic heterocycles. The maximum atomic E-state index is 13.2. The van der Waals surface area contributed by atoms with Gasteiger partial charge in [0, 0.05) is 24.6 Å². The molecule has 3 aromatic rings. The van der Waals surface area contributed by atoms with E-state index in [0.717, 1.165) is 0 Å². The molecule has 0 amide bonds. The molecule has 0 unspecified atom stereocenters. The number of fused-ring (bicyclic) bond motifs is 3. The molecule has 1 atom stereocenters. The first kappa shape index (κ1) is 17.3. The summed E-state index contributed by atoms with van der Waals surface area (Å²) >= 11 is 0. The maximum absolute atomic E-state index is 13.2. The van der Waals surface area contributed by atoms with E-state index in [9.17, 15) is 20.2 Å². The van der Waals surface area contributed by atoms with Gasteiger partial charge in [0.2, 0.25) is 5.88 Å². The predicted molar refractivity (Wildman–Crippen MR) is 102 cm³/mol. The number of aryl methyl sites for hydroxylation is 1. The van der Waals surface area contributed by atoms with Crippen LogP contribution in [0.1, 0.15) is 17.0 Å². The average molecular weight is 374 g/mol. The molecule has 4 rings (SSSR count). The fraction of sp³-hybridized carbons (Fsp3) is 0.100. The normalized spacial score (nSPS) is 15.6. The van der Waals surface area contributed by atoms with Crippen LogP contribution in [0.5, 0.6) is 5.75 Å². The lowest BCUT2D eigenvalue weighted by atomic mass is 9.83. The second-order valence-corrected chi connectivity index (χ2v) is 6.40. The Kier molecular flexibility index (Phi) is 3.86. The number of pyridine rings is 1. The molecule has 28 heavy (non-hydrogen) atoms. The highest BCUT2D eigenvalue weighted by Crippen LogP contribution is 2.43. The molecule has 0 saturated heterocycles. The van der Waals surface area contributed by atoms with Crippen LogP contribution in [0.15, 0.2) is 64.8 Å². The Hall–Kier alpha value is -4.12. The second kappa shape index (κ2) is 6.25. The van der Waals surface area contributed by atoms with Crippen LogP contribution in [0.2, 0.25) is 0 Å². The van der Waals surface area contributed by atoms with E-state index in [1.165, 1.54) is 22.8 Å². The van der Waals surface area contributed by atoms with Crippen molar-refractivity contribution in [2.24, 2.45) is 12.8 Å². The van der Waals surface area contributed by atoms with E-state index in [1.54, 1.807) is 37.4 Å².